The van der Waals surface area contributed by atoms with Gasteiger partial charge in [0, 0.05) is 19.4 Å². The van der Waals surface area contributed by atoms with Crippen molar-refractivity contribution in [1.82, 2.24) is 0 Å². The number of rotatable bonds is 32. The predicted molar refractivity (Wildman–Crippen MR) is 178 cm³/mol. The molecule has 0 aromatic carbocycles. The summed E-state index contributed by atoms with van der Waals surface area (Å²) in [4.78, 5) is 34.5. The van der Waals surface area contributed by atoms with Gasteiger partial charge in [0.2, 0.25) is 0 Å². The number of ether oxygens (including phenoxy) is 2. The first-order valence-electron chi connectivity index (χ1n) is 17.3. The Bertz CT molecular complexity index is 789. The molecule has 2 atom stereocenters. The van der Waals surface area contributed by atoms with Gasteiger partial charge in [0.15, 0.2) is 6.10 Å². The molecule has 0 aromatic rings. The monoisotopic (exact) mass is 645 g/mol. The van der Waals surface area contributed by atoms with E-state index in [-0.39, 0.29) is 32.6 Å². The molecule has 9 nitrogen and oxygen atoms in total. The summed E-state index contributed by atoms with van der Waals surface area (Å²) in [7, 11) is -4.37. The van der Waals surface area contributed by atoms with Crippen molar-refractivity contribution in [3.05, 3.63) is 24.3 Å². The molecule has 0 fully saturated rings. The number of hydrogen-bond donors (Lipinski definition) is 2. The molecule has 0 rings (SSSR count). The van der Waals surface area contributed by atoms with E-state index in [0.717, 1.165) is 44.9 Å². The topological polar surface area (TPSA) is 134 Å². The highest BCUT2D eigenvalue weighted by Crippen LogP contribution is 2.43. The van der Waals surface area contributed by atoms with Crippen LogP contribution in [0, 0.1) is 0 Å². The van der Waals surface area contributed by atoms with Gasteiger partial charge < -0.3 is 20.1 Å². The lowest BCUT2D eigenvalue weighted by Crippen LogP contribution is -2.29. The van der Waals surface area contributed by atoms with Crippen LogP contribution in [0.4, 0.5) is 0 Å². The minimum Gasteiger partial charge on any atom is -0.462 e. The molecule has 3 N–H and O–H groups in total. The standard InChI is InChI=1S/C34H64NO8P/c1-3-5-7-9-11-13-14-15-16-17-18-19-21-23-25-27-34(37)43-32(31-42-44(38,39)41-29-28-35)30-40-33(36)26-24-22-20-12-10-8-6-4-2/h15-16,18-19,32H,3-14,17,20-31,35H2,1-2H3,(H,38,39)/b16-15+,19-18+/t32-/m1/s1. The molecule has 258 valence electrons. The van der Waals surface area contributed by atoms with E-state index < -0.39 is 32.5 Å². The quantitative estimate of drug-likeness (QED) is 0.0318. The van der Waals surface area contributed by atoms with Gasteiger partial charge in [-0.1, -0.05) is 115 Å². The molecule has 0 aromatic heterocycles. The highest BCUT2D eigenvalue weighted by molar-refractivity contribution is 7.47. The van der Waals surface area contributed by atoms with E-state index in [1.54, 1.807) is 0 Å². The van der Waals surface area contributed by atoms with Crippen LogP contribution in [-0.2, 0) is 32.7 Å². The Morgan fingerprint density at radius 3 is 1.77 bits per heavy atom. The smallest absolute Gasteiger partial charge is 0.462 e. The molecule has 44 heavy (non-hydrogen) atoms. The van der Waals surface area contributed by atoms with Crippen LogP contribution < -0.4 is 5.73 Å². The summed E-state index contributed by atoms with van der Waals surface area (Å²) < 4.78 is 32.4. The molecule has 0 aliphatic heterocycles. The lowest BCUT2D eigenvalue weighted by molar-refractivity contribution is -0.161. The Hall–Kier alpha value is -1.51. The highest BCUT2D eigenvalue weighted by Gasteiger charge is 2.25. The Morgan fingerprint density at radius 1 is 0.682 bits per heavy atom. The Labute approximate surface area is 268 Å². The Morgan fingerprint density at radius 2 is 1.18 bits per heavy atom. The third-order valence-electron chi connectivity index (χ3n) is 7.09. The third-order valence-corrected chi connectivity index (χ3v) is 8.07. The first-order chi connectivity index (χ1) is 21.3. The maximum absolute atomic E-state index is 12.4. The number of carbonyl (C=O) groups excluding carboxylic acids is 2. The van der Waals surface area contributed by atoms with Gasteiger partial charge >= 0.3 is 19.8 Å². The largest absolute Gasteiger partial charge is 0.472 e. The van der Waals surface area contributed by atoms with Crippen molar-refractivity contribution in [3.8, 4) is 0 Å². The number of allylic oxidation sites excluding steroid dienone is 4. The SMILES string of the molecule is CCCCCCCC/C=C/C/C=C/CCCCC(=O)O[C@H](COC(=O)CCCCCCCCCC)COP(=O)(O)OCCN. The third kappa shape index (κ3) is 30.5. The number of unbranched alkanes of at least 4 members (excludes halogenated alkanes) is 15. The first-order valence-corrected chi connectivity index (χ1v) is 18.8. The Kier molecular flexibility index (Phi) is 30.4. The van der Waals surface area contributed by atoms with Crippen LogP contribution in [0.25, 0.3) is 0 Å². The number of esters is 2. The van der Waals surface area contributed by atoms with Crippen molar-refractivity contribution in [2.45, 2.75) is 155 Å². The van der Waals surface area contributed by atoms with E-state index >= 15 is 0 Å². The normalized spacial score (nSPS) is 13.8. The molecule has 10 heteroatoms. The van der Waals surface area contributed by atoms with E-state index in [0.29, 0.717) is 6.42 Å². The maximum Gasteiger partial charge on any atom is 0.472 e. The van der Waals surface area contributed by atoms with Crippen molar-refractivity contribution < 1.29 is 37.6 Å². The van der Waals surface area contributed by atoms with Gasteiger partial charge in [-0.05, 0) is 44.9 Å². The summed E-state index contributed by atoms with van der Waals surface area (Å²) in [6.45, 7) is 3.63. The minimum atomic E-state index is -4.37. The summed E-state index contributed by atoms with van der Waals surface area (Å²) in [5, 5.41) is 0. The lowest BCUT2D eigenvalue weighted by Gasteiger charge is -2.19. The molecule has 0 radical (unpaired) electrons. The van der Waals surface area contributed by atoms with Crippen molar-refractivity contribution in [2.75, 3.05) is 26.4 Å². The van der Waals surface area contributed by atoms with Crippen LogP contribution in [0.5, 0.6) is 0 Å². The zero-order valence-corrected chi connectivity index (χ0v) is 28.8. The zero-order valence-electron chi connectivity index (χ0n) is 27.9. The molecular weight excluding hydrogens is 581 g/mol. The van der Waals surface area contributed by atoms with Crippen LogP contribution in [0.3, 0.4) is 0 Å². The van der Waals surface area contributed by atoms with Crippen LogP contribution in [0.1, 0.15) is 149 Å². The van der Waals surface area contributed by atoms with Crippen LogP contribution in [-0.4, -0.2) is 49.3 Å². The molecule has 0 saturated heterocycles. The average Bonchev–Trinajstić information content (AvgIpc) is 3.00. The molecule has 0 amide bonds. The second-order valence-electron chi connectivity index (χ2n) is 11.4. The second-order valence-corrected chi connectivity index (χ2v) is 12.8. The van der Waals surface area contributed by atoms with E-state index in [9.17, 15) is 19.0 Å². The maximum atomic E-state index is 12.4. The molecule has 0 aliphatic rings. The number of phosphoric ester groups is 1. The summed E-state index contributed by atoms with van der Waals surface area (Å²) in [5.41, 5.74) is 5.31. The zero-order chi connectivity index (χ0) is 32.6. The first kappa shape index (κ1) is 42.5. The van der Waals surface area contributed by atoms with Crippen molar-refractivity contribution in [1.29, 1.82) is 0 Å². The molecule has 0 heterocycles. The fourth-order valence-corrected chi connectivity index (χ4v) is 5.25. The predicted octanol–water partition coefficient (Wildman–Crippen LogP) is 8.88. The van der Waals surface area contributed by atoms with Crippen LogP contribution >= 0.6 is 7.82 Å². The molecule has 0 spiro atoms. The summed E-state index contributed by atoms with van der Waals surface area (Å²) in [6, 6.07) is 0. The van der Waals surface area contributed by atoms with E-state index in [2.05, 4.69) is 38.2 Å². The molecule has 0 saturated carbocycles. The highest BCUT2D eigenvalue weighted by atomic mass is 31.2. The van der Waals surface area contributed by atoms with Gasteiger partial charge in [-0.25, -0.2) is 4.57 Å². The molecule has 1 unspecified atom stereocenters. The van der Waals surface area contributed by atoms with Gasteiger partial charge in [-0.15, -0.1) is 0 Å². The number of hydrogen-bond acceptors (Lipinski definition) is 8. The van der Waals surface area contributed by atoms with Gasteiger partial charge in [-0.3, -0.25) is 18.6 Å². The van der Waals surface area contributed by atoms with Gasteiger partial charge in [-0.2, -0.15) is 0 Å². The van der Waals surface area contributed by atoms with Crippen molar-refractivity contribution in [2.24, 2.45) is 5.73 Å². The number of phosphoric acid groups is 1. The van der Waals surface area contributed by atoms with E-state index in [4.69, 9.17) is 24.3 Å². The van der Waals surface area contributed by atoms with Gasteiger partial charge in [0.1, 0.15) is 6.61 Å². The van der Waals surface area contributed by atoms with Gasteiger partial charge in [0.25, 0.3) is 0 Å². The summed E-state index contributed by atoms with van der Waals surface area (Å²) in [5.74, 6) is -0.873. The lowest BCUT2D eigenvalue weighted by atomic mass is 10.1. The molecular formula is C34H64NO8P. The molecule has 0 bridgehead atoms. The van der Waals surface area contributed by atoms with Crippen LogP contribution in [0.15, 0.2) is 24.3 Å². The van der Waals surface area contributed by atoms with Crippen molar-refractivity contribution >= 4 is 19.8 Å². The fourth-order valence-electron chi connectivity index (χ4n) is 4.49. The molecule has 0 aliphatic carbocycles. The fraction of sp³-hybridized carbons (Fsp3) is 0.824. The Balaban J connectivity index is 4.32. The second kappa shape index (κ2) is 31.5. The van der Waals surface area contributed by atoms with E-state index in [1.807, 2.05) is 0 Å². The van der Waals surface area contributed by atoms with Crippen molar-refractivity contribution in [3.63, 3.8) is 0 Å². The number of carbonyl (C=O) groups is 2. The summed E-state index contributed by atoms with van der Waals surface area (Å²) >= 11 is 0. The number of nitrogens with two attached hydrogens (primary N) is 1. The average molecular weight is 646 g/mol. The van der Waals surface area contributed by atoms with E-state index in [1.165, 1.54) is 70.6 Å². The van der Waals surface area contributed by atoms with Crippen LogP contribution in [0.2, 0.25) is 0 Å². The minimum absolute atomic E-state index is 0.0494. The van der Waals surface area contributed by atoms with Gasteiger partial charge in [0.05, 0.1) is 13.2 Å². The summed E-state index contributed by atoms with van der Waals surface area (Å²) in [6.07, 6.45) is 29.4.